The minimum atomic E-state index is -0.402. The van der Waals surface area contributed by atoms with Gasteiger partial charge in [0.05, 0.1) is 21.4 Å². The summed E-state index contributed by atoms with van der Waals surface area (Å²) in [5.74, 6) is 0.0606. The summed E-state index contributed by atoms with van der Waals surface area (Å²) in [4.78, 5) is 10.4. The standard InChI is InChI=1S/C13H14BrN3O2/c14-11-5-4-9(6-13(11)17(18)19)8-16-12-3-1-2-10(12)7-15/h4-6,10,12,16H,1-3,8H2. The summed E-state index contributed by atoms with van der Waals surface area (Å²) in [6, 6.07) is 7.61. The van der Waals surface area contributed by atoms with Crippen LogP contribution >= 0.6 is 15.9 Å². The number of nitriles is 1. The second-order valence-electron chi connectivity index (χ2n) is 4.70. The van der Waals surface area contributed by atoms with Crippen LogP contribution in [-0.2, 0) is 6.54 Å². The molecule has 1 aliphatic carbocycles. The third-order valence-corrected chi connectivity index (χ3v) is 4.13. The van der Waals surface area contributed by atoms with E-state index >= 15 is 0 Å². The first-order valence-corrected chi connectivity index (χ1v) is 6.97. The molecule has 2 atom stereocenters. The van der Waals surface area contributed by atoms with Crippen LogP contribution in [0.15, 0.2) is 22.7 Å². The van der Waals surface area contributed by atoms with Crippen LogP contribution in [0.3, 0.4) is 0 Å². The minimum Gasteiger partial charge on any atom is -0.309 e. The van der Waals surface area contributed by atoms with Gasteiger partial charge in [-0.2, -0.15) is 5.26 Å². The molecule has 19 heavy (non-hydrogen) atoms. The zero-order valence-corrected chi connectivity index (χ0v) is 11.9. The van der Waals surface area contributed by atoms with Crippen molar-refractivity contribution < 1.29 is 4.92 Å². The zero-order valence-electron chi connectivity index (χ0n) is 10.3. The second kappa shape index (κ2) is 6.13. The van der Waals surface area contributed by atoms with Crippen LogP contribution in [0.5, 0.6) is 0 Å². The van der Waals surface area contributed by atoms with Gasteiger partial charge in [0.1, 0.15) is 0 Å². The molecule has 0 radical (unpaired) electrons. The van der Waals surface area contributed by atoms with Crippen molar-refractivity contribution in [2.45, 2.75) is 31.8 Å². The molecule has 0 heterocycles. The maximum Gasteiger partial charge on any atom is 0.283 e. The Morgan fingerprint density at radius 3 is 3.00 bits per heavy atom. The highest BCUT2D eigenvalue weighted by atomic mass is 79.9. The number of nitro benzene ring substituents is 1. The lowest BCUT2D eigenvalue weighted by atomic mass is 10.1. The number of benzene rings is 1. The van der Waals surface area contributed by atoms with Crippen molar-refractivity contribution in [2.24, 2.45) is 5.92 Å². The van der Waals surface area contributed by atoms with Crippen molar-refractivity contribution >= 4 is 21.6 Å². The van der Waals surface area contributed by atoms with Crippen LogP contribution < -0.4 is 5.32 Å². The predicted octanol–water partition coefficient (Wildman–Crippen LogP) is 3.14. The van der Waals surface area contributed by atoms with Gasteiger partial charge >= 0.3 is 0 Å². The highest BCUT2D eigenvalue weighted by Crippen LogP contribution is 2.27. The molecule has 1 fully saturated rings. The molecule has 0 amide bonds. The molecule has 1 aromatic rings. The van der Waals surface area contributed by atoms with E-state index in [4.69, 9.17) is 5.26 Å². The van der Waals surface area contributed by atoms with Crippen molar-refractivity contribution in [1.29, 1.82) is 5.26 Å². The SMILES string of the molecule is N#CC1CCCC1NCc1ccc(Br)c([N+](=O)[O-])c1. The Kier molecular flexibility index (Phi) is 4.51. The van der Waals surface area contributed by atoms with E-state index in [1.807, 2.05) is 6.07 Å². The fourth-order valence-corrected chi connectivity index (χ4v) is 2.81. The molecule has 1 N–H and O–H groups in total. The molecular weight excluding hydrogens is 310 g/mol. The lowest BCUT2D eigenvalue weighted by Gasteiger charge is -2.15. The van der Waals surface area contributed by atoms with E-state index in [1.54, 1.807) is 12.1 Å². The first kappa shape index (κ1) is 14.0. The highest BCUT2D eigenvalue weighted by Gasteiger charge is 2.26. The van der Waals surface area contributed by atoms with E-state index in [9.17, 15) is 10.1 Å². The Balaban J connectivity index is 2.02. The third-order valence-electron chi connectivity index (χ3n) is 3.46. The molecular formula is C13H14BrN3O2. The van der Waals surface area contributed by atoms with Gasteiger partial charge in [0.15, 0.2) is 0 Å². The molecule has 100 valence electrons. The van der Waals surface area contributed by atoms with Gasteiger partial charge in [-0.15, -0.1) is 0 Å². The lowest BCUT2D eigenvalue weighted by Crippen LogP contribution is -2.31. The van der Waals surface area contributed by atoms with E-state index in [2.05, 4.69) is 27.3 Å². The summed E-state index contributed by atoms with van der Waals surface area (Å²) in [7, 11) is 0. The molecule has 0 spiro atoms. The van der Waals surface area contributed by atoms with Crippen LogP contribution in [0.25, 0.3) is 0 Å². The normalized spacial score (nSPS) is 22.1. The lowest BCUT2D eigenvalue weighted by molar-refractivity contribution is -0.385. The van der Waals surface area contributed by atoms with Crippen LogP contribution in [0.4, 0.5) is 5.69 Å². The van der Waals surface area contributed by atoms with Gasteiger partial charge in [-0.1, -0.05) is 12.5 Å². The zero-order chi connectivity index (χ0) is 13.8. The molecule has 0 aromatic heterocycles. The molecule has 2 rings (SSSR count). The molecule has 1 saturated carbocycles. The second-order valence-corrected chi connectivity index (χ2v) is 5.55. The van der Waals surface area contributed by atoms with E-state index in [0.717, 1.165) is 24.8 Å². The van der Waals surface area contributed by atoms with Gasteiger partial charge in [-0.25, -0.2) is 0 Å². The summed E-state index contributed by atoms with van der Waals surface area (Å²) in [5.41, 5.74) is 0.932. The molecule has 6 heteroatoms. The van der Waals surface area contributed by atoms with Crippen LogP contribution in [0.2, 0.25) is 0 Å². The Bertz CT molecular complexity index is 527. The molecule has 0 bridgehead atoms. The maximum absolute atomic E-state index is 10.8. The Hall–Kier alpha value is -1.45. The van der Waals surface area contributed by atoms with Crippen molar-refractivity contribution in [2.75, 3.05) is 0 Å². The van der Waals surface area contributed by atoms with Crippen LogP contribution in [0.1, 0.15) is 24.8 Å². The smallest absolute Gasteiger partial charge is 0.283 e. The average Bonchev–Trinajstić information content (AvgIpc) is 2.84. The third kappa shape index (κ3) is 3.31. The number of rotatable bonds is 4. The topological polar surface area (TPSA) is 79.0 Å². The molecule has 1 aliphatic rings. The summed E-state index contributed by atoms with van der Waals surface area (Å²) in [5, 5.41) is 23.2. The Labute approximate surface area is 119 Å². The van der Waals surface area contributed by atoms with Gasteiger partial charge < -0.3 is 5.32 Å². The maximum atomic E-state index is 10.8. The largest absolute Gasteiger partial charge is 0.309 e. The van der Waals surface area contributed by atoms with Gasteiger partial charge in [-0.05, 0) is 40.4 Å². The highest BCUT2D eigenvalue weighted by molar-refractivity contribution is 9.10. The number of halogens is 1. The van der Waals surface area contributed by atoms with E-state index in [1.165, 1.54) is 0 Å². The summed E-state index contributed by atoms with van der Waals surface area (Å²) in [6.07, 6.45) is 3.00. The van der Waals surface area contributed by atoms with Crippen molar-refractivity contribution in [3.63, 3.8) is 0 Å². The number of nitrogens with one attached hydrogen (secondary N) is 1. The van der Waals surface area contributed by atoms with Gasteiger partial charge in [0, 0.05) is 18.7 Å². The average molecular weight is 324 g/mol. The van der Waals surface area contributed by atoms with Crippen molar-refractivity contribution in [1.82, 2.24) is 5.32 Å². The quantitative estimate of drug-likeness (QED) is 0.682. The Morgan fingerprint density at radius 2 is 2.32 bits per heavy atom. The van der Waals surface area contributed by atoms with E-state index in [0.29, 0.717) is 11.0 Å². The summed E-state index contributed by atoms with van der Waals surface area (Å²) >= 11 is 3.16. The molecule has 2 unspecified atom stereocenters. The fourth-order valence-electron chi connectivity index (χ4n) is 2.42. The van der Waals surface area contributed by atoms with Crippen molar-refractivity contribution in [3.8, 4) is 6.07 Å². The first-order chi connectivity index (χ1) is 9.11. The predicted molar refractivity (Wildman–Crippen MR) is 74.4 cm³/mol. The van der Waals surface area contributed by atoms with Crippen LogP contribution in [-0.4, -0.2) is 11.0 Å². The first-order valence-electron chi connectivity index (χ1n) is 6.17. The summed E-state index contributed by atoms with van der Waals surface area (Å²) in [6.45, 7) is 0.553. The van der Waals surface area contributed by atoms with Gasteiger partial charge in [0.2, 0.25) is 0 Å². The van der Waals surface area contributed by atoms with E-state index in [-0.39, 0.29) is 17.6 Å². The monoisotopic (exact) mass is 323 g/mol. The number of nitro groups is 1. The van der Waals surface area contributed by atoms with Crippen LogP contribution in [0, 0.1) is 27.4 Å². The number of nitrogens with zero attached hydrogens (tertiary/aromatic N) is 2. The van der Waals surface area contributed by atoms with Crippen molar-refractivity contribution in [3.05, 3.63) is 38.3 Å². The molecule has 5 nitrogen and oxygen atoms in total. The minimum absolute atomic E-state index is 0.0606. The summed E-state index contributed by atoms with van der Waals surface area (Å²) < 4.78 is 0.483. The number of hydrogen-bond donors (Lipinski definition) is 1. The molecule has 0 aliphatic heterocycles. The fraction of sp³-hybridized carbons (Fsp3) is 0.462. The molecule has 1 aromatic carbocycles. The van der Waals surface area contributed by atoms with E-state index < -0.39 is 4.92 Å². The Morgan fingerprint density at radius 1 is 1.53 bits per heavy atom. The molecule has 0 saturated heterocycles. The number of hydrogen-bond acceptors (Lipinski definition) is 4. The van der Waals surface area contributed by atoms with Gasteiger partial charge in [0.25, 0.3) is 5.69 Å². The van der Waals surface area contributed by atoms with Gasteiger partial charge in [-0.3, -0.25) is 10.1 Å².